The van der Waals surface area contributed by atoms with Crippen molar-refractivity contribution in [3.8, 4) is 0 Å². The van der Waals surface area contributed by atoms with E-state index in [1.165, 1.54) is 18.2 Å². The zero-order chi connectivity index (χ0) is 14.6. The molecule has 19 heavy (non-hydrogen) atoms. The molecule has 106 valence electrons. The van der Waals surface area contributed by atoms with Crippen molar-refractivity contribution in [2.45, 2.75) is 33.2 Å². The number of aliphatic hydroxyl groups excluding tert-OH is 1. The molecule has 0 aliphatic carbocycles. The van der Waals surface area contributed by atoms with Crippen molar-refractivity contribution in [2.75, 3.05) is 12.3 Å². The molecule has 4 N–H and O–H groups in total. The number of anilines is 1. The highest BCUT2D eigenvalue weighted by molar-refractivity contribution is 5.95. The number of nitrogens with one attached hydrogen (secondary N) is 1. The first-order valence-electron chi connectivity index (χ1n) is 6.22. The summed E-state index contributed by atoms with van der Waals surface area (Å²) < 4.78 is 13.0. The Morgan fingerprint density at radius 1 is 1.47 bits per heavy atom. The maximum atomic E-state index is 13.0. The van der Waals surface area contributed by atoms with Gasteiger partial charge in [-0.1, -0.05) is 20.8 Å². The molecule has 0 spiro atoms. The predicted octanol–water partition coefficient (Wildman–Crippen LogP) is 1.93. The molecule has 0 aliphatic heterocycles. The summed E-state index contributed by atoms with van der Waals surface area (Å²) in [5.41, 5.74) is 5.52. The molecule has 0 fully saturated rings. The molecule has 5 heteroatoms. The molecule has 0 heterocycles. The smallest absolute Gasteiger partial charge is 0.251 e. The number of hydrogen-bond acceptors (Lipinski definition) is 3. The summed E-state index contributed by atoms with van der Waals surface area (Å²) in [7, 11) is 0. The molecule has 0 saturated carbocycles. The van der Waals surface area contributed by atoms with Crippen molar-refractivity contribution >= 4 is 11.6 Å². The third kappa shape index (κ3) is 4.21. The van der Waals surface area contributed by atoms with E-state index in [0.717, 1.165) is 0 Å². The van der Waals surface area contributed by atoms with Crippen molar-refractivity contribution in [1.29, 1.82) is 0 Å². The number of rotatable bonds is 4. The Morgan fingerprint density at radius 3 is 2.58 bits per heavy atom. The van der Waals surface area contributed by atoms with E-state index in [1.807, 2.05) is 20.8 Å². The third-order valence-electron chi connectivity index (χ3n) is 3.03. The van der Waals surface area contributed by atoms with Gasteiger partial charge < -0.3 is 16.2 Å². The lowest BCUT2D eigenvalue weighted by Gasteiger charge is -2.31. The SMILES string of the molecule is CC(C)(C)C(CCO)NC(=O)c1ccc(F)c(N)c1. The second kappa shape index (κ2) is 6.02. The normalized spacial score (nSPS) is 13.1. The van der Waals surface area contributed by atoms with Crippen LogP contribution in [0, 0.1) is 11.2 Å². The summed E-state index contributed by atoms with van der Waals surface area (Å²) in [4.78, 5) is 12.1. The topological polar surface area (TPSA) is 75.3 Å². The molecular weight excluding hydrogens is 247 g/mol. The van der Waals surface area contributed by atoms with Gasteiger partial charge in [-0.3, -0.25) is 4.79 Å². The average Bonchev–Trinajstić information content (AvgIpc) is 2.30. The van der Waals surface area contributed by atoms with Crippen molar-refractivity contribution in [1.82, 2.24) is 5.32 Å². The second-order valence-corrected chi connectivity index (χ2v) is 5.64. The first kappa shape index (κ1) is 15.4. The van der Waals surface area contributed by atoms with E-state index >= 15 is 0 Å². The lowest BCUT2D eigenvalue weighted by atomic mass is 9.84. The Labute approximate surface area is 112 Å². The Balaban J connectivity index is 2.84. The summed E-state index contributed by atoms with van der Waals surface area (Å²) in [6, 6.07) is 3.70. The van der Waals surface area contributed by atoms with Crippen LogP contribution in [0.2, 0.25) is 0 Å². The zero-order valence-electron chi connectivity index (χ0n) is 11.5. The summed E-state index contributed by atoms with van der Waals surface area (Å²) in [6.45, 7) is 5.93. The van der Waals surface area contributed by atoms with Gasteiger partial charge in [0.15, 0.2) is 0 Å². The lowest BCUT2D eigenvalue weighted by molar-refractivity contribution is 0.0885. The summed E-state index contributed by atoms with van der Waals surface area (Å²) >= 11 is 0. The number of aliphatic hydroxyl groups is 1. The Kier molecular flexibility index (Phi) is 4.89. The number of benzene rings is 1. The van der Waals surface area contributed by atoms with Gasteiger partial charge in [-0.15, -0.1) is 0 Å². The first-order valence-corrected chi connectivity index (χ1v) is 6.22. The van der Waals surface area contributed by atoms with Crippen LogP contribution in [0.3, 0.4) is 0 Å². The molecule has 1 unspecified atom stereocenters. The predicted molar refractivity (Wildman–Crippen MR) is 73.2 cm³/mol. The van der Waals surface area contributed by atoms with Crippen LogP contribution in [0.5, 0.6) is 0 Å². The van der Waals surface area contributed by atoms with E-state index in [1.54, 1.807) is 0 Å². The van der Waals surface area contributed by atoms with Crippen LogP contribution in [0.15, 0.2) is 18.2 Å². The number of nitrogens with two attached hydrogens (primary N) is 1. The number of carbonyl (C=O) groups is 1. The minimum absolute atomic E-state index is 0.00618. The van der Waals surface area contributed by atoms with Gasteiger partial charge in [-0.2, -0.15) is 0 Å². The Hall–Kier alpha value is -1.62. The van der Waals surface area contributed by atoms with Gasteiger partial charge in [0.25, 0.3) is 5.91 Å². The largest absolute Gasteiger partial charge is 0.396 e. The van der Waals surface area contributed by atoms with Crippen LogP contribution in [0.25, 0.3) is 0 Å². The fourth-order valence-corrected chi connectivity index (χ4v) is 1.78. The highest BCUT2D eigenvalue weighted by Crippen LogP contribution is 2.22. The van der Waals surface area contributed by atoms with Crippen LogP contribution in [0.1, 0.15) is 37.6 Å². The molecule has 0 radical (unpaired) electrons. The molecule has 0 aliphatic rings. The van der Waals surface area contributed by atoms with Crippen molar-refractivity contribution in [3.05, 3.63) is 29.6 Å². The van der Waals surface area contributed by atoms with Gasteiger partial charge in [0, 0.05) is 18.2 Å². The van der Waals surface area contributed by atoms with Crippen molar-refractivity contribution < 1.29 is 14.3 Å². The van der Waals surface area contributed by atoms with Crippen LogP contribution in [0.4, 0.5) is 10.1 Å². The van der Waals surface area contributed by atoms with Gasteiger partial charge in [0.2, 0.25) is 0 Å². The van der Waals surface area contributed by atoms with Crippen LogP contribution in [-0.2, 0) is 0 Å². The summed E-state index contributed by atoms with van der Waals surface area (Å²) in [6.07, 6.45) is 0.464. The van der Waals surface area contributed by atoms with Gasteiger partial charge in [0.1, 0.15) is 5.82 Å². The molecule has 1 rings (SSSR count). The number of carbonyl (C=O) groups excluding carboxylic acids is 1. The van der Waals surface area contributed by atoms with Gasteiger partial charge >= 0.3 is 0 Å². The Morgan fingerprint density at radius 2 is 2.11 bits per heavy atom. The van der Waals surface area contributed by atoms with Crippen molar-refractivity contribution in [2.24, 2.45) is 5.41 Å². The van der Waals surface area contributed by atoms with E-state index in [2.05, 4.69) is 5.32 Å². The monoisotopic (exact) mass is 268 g/mol. The molecule has 0 aromatic heterocycles. The summed E-state index contributed by atoms with van der Waals surface area (Å²) in [5.74, 6) is -0.862. The third-order valence-corrected chi connectivity index (χ3v) is 3.03. The van der Waals surface area contributed by atoms with Gasteiger partial charge in [-0.05, 0) is 30.0 Å². The summed E-state index contributed by atoms with van der Waals surface area (Å²) in [5, 5.41) is 11.9. The van der Waals surface area contributed by atoms with Crippen LogP contribution in [-0.4, -0.2) is 23.7 Å². The molecule has 1 aromatic carbocycles. The maximum absolute atomic E-state index is 13.0. The average molecular weight is 268 g/mol. The molecule has 0 bridgehead atoms. The highest BCUT2D eigenvalue weighted by atomic mass is 19.1. The fraction of sp³-hybridized carbons (Fsp3) is 0.500. The quantitative estimate of drug-likeness (QED) is 0.730. The number of halogens is 1. The van der Waals surface area contributed by atoms with E-state index < -0.39 is 5.82 Å². The number of nitrogen functional groups attached to an aromatic ring is 1. The molecule has 1 aromatic rings. The fourth-order valence-electron chi connectivity index (χ4n) is 1.78. The molecular formula is C14H21FN2O2. The molecule has 0 saturated heterocycles. The highest BCUT2D eigenvalue weighted by Gasteiger charge is 2.26. The minimum atomic E-state index is -0.542. The maximum Gasteiger partial charge on any atom is 0.251 e. The van der Waals surface area contributed by atoms with E-state index in [-0.39, 0.29) is 29.7 Å². The van der Waals surface area contributed by atoms with E-state index in [0.29, 0.717) is 12.0 Å². The van der Waals surface area contributed by atoms with Crippen LogP contribution < -0.4 is 11.1 Å². The second-order valence-electron chi connectivity index (χ2n) is 5.64. The lowest BCUT2D eigenvalue weighted by Crippen LogP contribution is -2.44. The van der Waals surface area contributed by atoms with Crippen LogP contribution >= 0.6 is 0 Å². The van der Waals surface area contributed by atoms with Gasteiger partial charge in [-0.25, -0.2) is 4.39 Å². The number of amides is 1. The number of hydrogen-bond donors (Lipinski definition) is 3. The van der Waals surface area contributed by atoms with E-state index in [4.69, 9.17) is 10.8 Å². The molecule has 4 nitrogen and oxygen atoms in total. The first-order chi connectivity index (χ1) is 8.75. The van der Waals surface area contributed by atoms with Gasteiger partial charge in [0.05, 0.1) is 5.69 Å². The molecule has 1 amide bonds. The zero-order valence-corrected chi connectivity index (χ0v) is 11.5. The minimum Gasteiger partial charge on any atom is -0.396 e. The standard InChI is InChI=1S/C14H21FN2O2/c1-14(2,3)12(6-7-18)17-13(19)9-4-5-10(15)11(16)8-9/h4-5,8,12,18H,6-7,16H2,1-3H3,(H,17,19). The van der Waals surface area contributed by atoms with Crippen molar-refractivity contribution in [3.63, 3.8) is 0 Å². The Bertz CT molecular complexity index is 455. The molecule has 1 atom stereocenters. The van der Waals surface area contributed by atoms with E-state index in [9.17, 15) is 9.18 Å².